The molecule has 1 aliphatic rings. The van der Waals surface area contributed by atoms with Gasteiger partial charge in [-0.1, -0.05) is 41.9 Å². The molecule has 2 heterocycles. The third kappa shape index (κ3) is 2.65. The van der Waals surface area contributed by atoms with Crippen molar-refractivity contribution in [2.75, 3.05) is 18.0 Å². The topological polar surface area (TPSA) is 42.1 Å². The predicted octanol–water partition coefficient (Wildman–Crippen LogP) is 3.33. The summed E-state index contributed by atoms with van der Waals surface area (Å²) in [5.74, 6) is 0. The van der Waals surface area contributed by atoms with E-state index in [9.17, 15) is 0 Å². The first-order valence-corrected chi connectivity index (χ1v) is 7.33. The fraction of sp³-hybridized carbons (Fsp3) is 0.312. The summed E-state index contributed by atoms with van der Waals surface area (Å²) in [4.78, 5) is 6.58. The molecule has 0 amide bonds. The van der Waals surface area contributed by atoms with Crippen LogP contribution in [0.15, 0.2) is 42.7 Å². The average Bonchev–Trinajstić information content (AvgIpc) is 2.49. The molecule has 0 unspecified atom stereocenters. The normalized spacial score (nSPS) is 16.4. The van der Waals surface area contributed by atoms with Crippen molar-refractivity contribution < 1.29 is 0 Å². The van der Waals surface area contributed by atoms with Gasteiger partial charge in [0.05, 0.1) is 10.7 Å². The average molecular weight is 288 g/mol. The van der Waals surface area contributed by atoms with Gasteiger partial charge in [-0.25, -0.2) is 0 Å². The van der Waals surface area contributed by atoms with Crippen LogP contribution in [0.2, 0.25) is 5.02 Å². The standard InChI is InChI=1S/C16H18ClN3/c17-15-11-19-10-14(12-4-2-1-3-5-12)16(15)20-8-6-13(18)7-9-20/h1-5,10-11,13H,6-9,18H2. The van der Waals surface area contributed by atoms with E-state index in [1.165, 1.54) is 0 Å². The van der Waals surface area contributed by atoms with Gasteiger partial charge in [-0.3, -0.25) is 4.98 Å². The van der Waals surface area contributed by atoms with Crippen LogP contribution in [0, 0.1) is 0 Å². The summed E-state index contributed by atoms with van der Waals surface area (Å²) in [5, 5.41) is 0.710. The van der Waals surface area contributed by atoms with Gasteiger partial charge in [-0.15, -0.1) is 0 Å². The molecule has 0 saturated carbocycles. The number of benzene rings is 1. The Kier molecular flexibility index (Phi) is 3.90. The van der Waals surface area contributed by atoms with Gasteiger partial charge in [0.2, 0.25) is 0 Å². The largest absolute Gasteiger partial charge is 0.370 e. The Labute approximate surface area is 124 Å². The number of piperidine rings is 1. The van der Waals surface area contributed by atoms with Crippen LogP contribution in [0.3, 0.4) is 0 Å². The number of nitrogens with zero attached hydrogens (tertiary/aromatic N) is 2. The fourth-order valence-corrected chi connectivity index (χ4v) is 2.98. The minimum absolute atomic E-state index is 0.312. The van der Waals surface area contributed by atoms with E-state index in [0.29, 0.717) is 11.1 Å². The van der Waals surface area contributed by atoms with Gasteiger partial charge in [0.15, 0.2) is 0 Å². The second-order valence-corrected chi connectivity index (χ2v) is 5.62. The highest BCUT2D eigenvalue weighted by Gasteiger charge is 2.21. The highest BCUT2D eigenvalue weighted by Crippen LogP contribution is 2.37. The molecule has 0 atom stereocenters. The second-order valence-electron chi connectivity index (χ2n) is 5.21. The van der Waals surface area contributed by atoms with Crippen LogP contribution < -0.4 is 10.6 Å². The Morgan fingerprint density at radius 2 is 1.80 bits per heavy atom. The fourth-order valence-electron chi connectivity index (χ4n) is 2.70. The number of pyridine rings is 1. The first-order valence-electron chi connectivity index (χ1n) is 6.95. The lowest BCUT2D eigenvalue weighted by atomic mass is 10.0. The van der Waals surface area contributed by atoms with E-state index >= 15 is 0 Å². The van der Waals surface area contributed by atoms with Crippen LogP contribution in [-0.2, 0) is 0 Å². The van der Waals surface area contributed by atoms with E-state index in [4.69, 9.17) is 17.3 Å². The molecule has 1 aliphatic heterocycles. The smallest absolute Gasteiger partial charge is 0.0829 e. The monoisotopic (exact) mass is 287 g/mol. The molecule has 1 aromatic carbocycles. The van der Waals surface area contributed by atoms with Crippen molar-refractivity contribution in [3.63, 3.8) is 0 Å². The maximum Gasteiger partial charge on any atom is 0.0829 e. The molecule has 0 bridgehead atoms. The van der Waals surface area contributed by atoms with Crippen LogP contribution in [-0.4, -0.2) is 24.1 Å². The van der Waals surface area contributed by atoms with Crippen LogP contribution in [0.4, 0.5) is 5.69 Å². The van der Waals surface area contributed by atoms with E-state index in [2.05, 4.69) is 22.0 Å². The summed E-state index contributed by atoms with van der Waals surface area (Å²) in [6.45, 7) is 1.90. The van der Waals surface area contributed by atoms with Crippen LogP contribution in [0.5, 0.6) is 0 Å². The van der Waals surface area contributed by atoms with Gasteiger partial charge < -0.3 is 10.6 Å². The number of hydrogen-bond donors (Lipinski definition) is 1. The van der Waals surface area contributed by atoms with Gasteiger partial charge >= 0.3 is 0 Å². The first-order chi connectivity index (χ1) is 9.75. The van der Waals surface area contributed by atoms with Crippen molar-refractivity contribution in [2.24, 2.45) is 5.73 Å². The second kappa shape index (κ2) is 5.81. The number of halogens is 1. The maximum absolute atomic E-state index is 6.41. The lowest BCUT2D eigenvalue weighted by molar-refractivity contribution is 0.501. The number of nitrogens with two attached hydrogens (primary N) is 1. The maximum atomic E-state index is 6.41. The zero-order valence-electron chi connectivity index (χ0n) is 11.3. The van der Waals surface area contributed by atoms with Crippen molar-refractivity contribution in [1.29, 1.82) is 0 Å². The van der Waals surface area contributed by atoms with Crippen molar-refractivity contribution in [2.45, 2.75) is 18.9 Å². The summed E-state index contributed by atoms with van der Waals surface area (Å²) in [5.41, 5.74) is 9.31. The molecule has 0 aliphatic carbocycles. The highest BCUT2D eigenvalue weighted by atomic mass is 35.5. The van der Waals surface area contributed by atoms with Crippen LogP contribution in [0.25, 0.3) is 11.1 Å². The molecular weight excluding hydrogens is 270 g/mol. The Balaban J connectivity index is 2.01. The molecule has 0 spiro atoms. The number of anilines is 1. The van der Waals surface area contributed by atoms with Gasteiger partial charge in [0, 0.05) is 37.1 Å². The molecular formula is C16H18ClN3. The number of rotatable bonds is 2. The minimum Gasteiger partial charge on any atom is -0.370 e. The summed E-state index contributed by atoms with van der Waals surface area (Å²) in [6, 6.07) is 10.6. The molecule has 4 heteroatoms. The third-order valence-electron chi connectivity index (χ3n) is 3.81. The van der Waals surface area contributed by atoms with E-state index in [1.54, 1.807) is 6.20 Å². The number of aromatic nitrogens is 1. The van der Waals surface area contributed by atoms with Crippen LogP contribution >= 0.6 is 11.6 Å². The van der Waals surface area contributed by atoms with Crippen molar-refractivity contribution >= 4 is 17.3 Å². The van der Waals surface area contributed by atoms with E-state index in [0.717, 1.165) is 42.7 Å². The number of hydrogen-bond acceptors (Lipinski definition) is 3. The summed E-state index contributed by atoms with van der Waals surface area (Å²) < 4.78 is 0. The molecule has 3 rings (SSSR count). The minimum atomic E-state index is 0.312. The zero-order chi connectivity index (χ0) is 13.9. The van der Waals surface area contributed by atoms with Gasteiger partial charge in [0.1, 0.15) is 0 Å². The van der Waals surface area contributed by atoms with Gasteiger partial charge in [-0.2, -0.15) is 0 Å². The Hall–Kier alpha value is -1.58. The lowest BCUT2D eigenvalue weighted by Gasteiger charge is -2.33. The molecule has 1 fully saturated rings. The quantitative estimate of drug-likeness (QED) is 0.921. The summed E-state index contributed by atoms with van der Waals surface area (Å²) in [6.07, 6.45) is 5.63. The molecule has 104 valence electrons. The van der Waals surface area contributed by atoms with E-state index < -0.39 is 0 Å². The summed E-state index contributed by atoms with van der Waals surface area (Å²) in [7, 11) is 0. The van der Waals surface area contributed by atoms with Gasteiger partial charge in [0.25, 0.3) is 0 Å². The van der Waals surface area contributed by atoms with E-state index in [1.807, 2.05) is 24.4 Å². The molecule has 2 aromatic rings. The highest BCUT2D eigenvalue weighted by molar-refractivity contribution is 6.33. The zero-order valence-corrected chi connectivity index (χ0v) is 12.1. The predicted molar refractivity (Wildman–Crippen MR) is 84.1 cm³/mol. The Bertz CT molecular complexity index is 578. The first kappa shape index (κ1) is 13.4. The third-order valence-corrected chi connectivity index (χ3v) is 4.09. The van der Waals surface area contributed by atoms with Gasteiger partial charge in [-0.05, 0) is 18.4 Å². The van der Waals surface area contributed by atoms with E-state index in [-0.39, 0.29) is 0 Å². The molecule has 0 radical (unpaired) electrons. The molecule has 20 heavy (non-hydrogen) atoms. The molecule has 3 nitrogen and oxygen atoms in total. The SMILES string of the molecule is NC1CCN(c2c(Cl)cncc2-c2ccccc2)CC1. The molecule has 2 N–H and O–H groups in total. The van der Waals surface area contributed by atoms with Crippen LogP contribution in [0.1, 0.15) is 12.8 Å². The lowest BCUT2D eigenvalue weighted by Crippen LogP contribution is -2.40. The van der Waals surface area contributed by atoms with Crippen molar-refractivity contribution in [3.8, 4) is 11.1 Å². The van der Waals surface area contributed by atoms with Crippen molar-refractivity contribution in [1.82, 2.24) is 4.98 Å². The molecule has 1 aromatic heterocycles. The molecule has 1 saturated heterocycles. The van der Waals surface area contributed by atoms with Crippen molar-refractivity contribution in [3.05, 3.63) is 47.7 Å². The Morgan fingerprint density at radius 1 is 1.10 bits per heavy atom. The Morgan fingerprint density at radius 3 is 2.50 bits per heavy atom. The summed E-state index contributed by atoms with van der Waals surface area (Å²) >= 11 is 6.41.